The SMILES string of the molecule is COC(=O)c1ccc2c(=O)n(-c3ccccc3)c(SCc3noc(-c4ccc(C)cc4)n3)nc2c1. The van der Waals surface area contributed by atoms with Crippen LogP contribution in [0, 0.1) is 6.92 Å². The number of esters is 1. The van der Waals surface area contributed by atoms with E-state index in [-0.39, 0.29) is 5.56 Å². The topological polar surface area (TPSA) is 100 Å². The molecular weight excluding hydrogens is 464 g/mol. The summed E-state index contributed by atoms with van der Waals surface area (Å²) < 4.78 is 11.8. The Bertz CT molecular complexity index is 1580. The zero-order chi connectivity index (χ0) is 24.4. The molecule has 0 aliphatic heterocycles. The minimum absolute atomic E-state index is 0.242. The number of fused-ring (bicyclic) bond motifs is 1. The van der Waals surface area contributed by atoms with Crippen molar-refractivity contribution in [2.75, 3.05) is 7.11 Å². The van der Waals surface area contributed by atoms with E-state index in [0.717, 1.165) is 11.1 Å². The summed E-state index contributed by atoms with van der Waals surface area (Å²) in [4.78, 5) is 34.7. The van der Waals surface area contributed by atoms with Gasteiger partial charge in [0.05, 0.1) is 35.0 Å². The van der Waals surface area contributed by atoms with Crippen LogP contribution in [0.15, 0.2) is 87.3 Å². The predicted octanol–water partition coefficient (Wildman–Crippen LogP) is 4.82. The number of rotatable bonds is 6. The highest BCUT2D eigenvalue weighted by atomic mass is 32.2. The number of carbonyl (C=O) groups is 1. The first-order valence-corrected chi connectivity index (χ1v) is 11.7. The molecular formula is C26H20N4O4S. The lowest BCUT2D eigenvalue weighted by molar-refractivity contribution is 0.0601. The molecule has 2 aromatic heterocycles. The van der Waals surface area contributed by atoms with Crippen LogP contribution in [0.25, 0.3) is 28.0 Å². The van der Waals surface area contributed by atoms with Gasteiger partial charge in [0.1, 0.15) is 0 Å². The third kappa shape index (κ3) is 4.58. The number of nitrogens with zero attached hydrogens (tertiary/aromatic N) is 4. The van der Waals surface area contributed by atoms with Crippen LogP contribution in [0.2, 0.25) is 0 Å². The van der Waals surface area contributed by atoms with Crippen LogP contribution in [-0.2, 0) is 10.5 Å². The fourth-order valence-corrected chi connectivity index (χ4v) is 4.42. The first-order chi connectivity index (χ1) is 17.0. The molecule has 0 unspecified atom stereocenters. The lowest BCUT2D eigenvalue weighted by atomic mass is 10.1. The Morgan fingerprint density at radius 3 is 2.54 bits per heavy atom. The summed E-state index contributed by atoms with van der Waals surface area (Å²) >= 11 is 1.31. The summed E-state index contributed by atoms with van der Waals surface area (Å²) in [5.74, 6) is 0.736. The number of aryl methyl sites for hydroxylation is 1. The maximum atomic E-state index is 13.5. The summed E-state index contributed by atoms with van der Waals surface area (Å²) in [5.41, 5.74) is 3.14. The molecule has 0 atom stereocenters. The Kier molecular flexibility index (Phi) is 6.15. The van der Waals surface area contributed by atoms with Gasteiger partial charge in [-0.05, 0) is 49.4 Å². The van der Waals surface area contributed by atoms with Crippen LogP contribution in [0.3, 0.4) is 0 Å². The standard InChI is InChI=1S/C26H20N4O4S/c1-16-8-10-17(11-9-16)23-28-22(29-34-23)15-35-26-27-21-14-18(25(32)33-2)12-13-20(21)24(31)30(26)19-6-4-3-5-7-19/h3-14H,15H2,1-2H3. The number of benzene rings is 3. The van der Waals surface area contributed by atoms with E-state index in [4.69, 9.17) is 14.2 Å². The number of methoxy groups -OCH3 is 1. The molecule has 0 aliphatic rings. The Labute approximate surface area is 204 Å². The largest absolute Gasteiger partial charge is 0.465 e. The van der Waals surface area contributed by atoms with Gasteiger partial charge in [0.15, 0.2) is 11.0 Å². The maximum Gasteiger partial charge on any atom is 0.337 e. The summed E-state index contributed by atoms with van der Waals surface area (Å²) in [6.07, 6.45) is 0. The fourth-order valence-electron chi connectivity index (χ4n) is 3.57. The molecule has 174 valence electrons. The van der Waals surface area contributed by atoms with Gasteiger partial charge in [-0.1, -0.05) is 52.8 Å². The first-order valence-electron chi connectivity index (χ1n) is 10.8. The van der Waals surface area contributed by atoms with Crippen molar-refractivity contribution in [3.63, 3.8) is 0 Å². The minimum Gasteiger partial charge on any atom is -0.465 e. The highest BCUT2D eigenvalue weighted by molar-refractivity contribution is 7.98. The van der Waals surface area contributed by atoms with Gasteiger partial charge in [-0.15, -0.1) is 0 Å². The lowest BCUT2D eigenvalue weighted by Crippen LogP contribution is -2.22. The predicted molar refractivity (Wildman–Crippen MR) is 133 cm³/mol. The van der Waals surface area contributed by atoms with E-state index in [1.165, 1.54) is 18.9 Å². The Morgan fingerprint density at radius 2 is 1.80 bits per heavy atom. The van der Waals surface area contributed by atoms with Gasteiger partial charge in [0.25, 0.3) is 11.4 Å². The molecule has 5 rings (SSSR count). The number of ether oxygens (including phenoxy) is 1. The van der Waals surface area contributed by atoms with E-state index in [0.29, 0.717) is 44.8 Å². The average molecular weight is 485 g/mol. The zero-order valence-electron chi connectivity index (χ0n) is 19.0. The quantitative estimate of drug-likeness (QED) is 0.192. The van der Waals surface area contributed by atoms with E-state index >= 15 is 0 Å². The van der Waals surface area contributed by atoms with Gasteiger partial charge in [-0.25, -0.2) is 9.78 Å². The molecule has 0 bridgehead atoms. The number of hydrogen-bond donors (Lipinski definition) is 0. The van der Waals surface area contributed by atoms with Crippen LogP contribution in [0.4, 0.5) is 0 Å². The van der Waals surface area contributed by atoms with Gasteiger partial charge in [-0.2, -0.15) is 4.98 Å². The van der Waals surface area contributed by atoms with Crippen molar-refractivity contribution in [3.05, 3.63) is 100 Å². The number of aromatic nitrogens is 4. The van der Waals surface area contributed by atoms with Gasteiger partial charge >= 0.3 is 5.97 Å². The van der Waals surface area contributed by atoms with Crippen molar-refractivity contribution in [2.24, 2.45) is 0 Å². The molecule has 8 nitrogen and oxygen atoms in total. The van der Waals surface area contributed by atoms with Crippen molar-refractivity contribution in [1.82, 2.24) is 19.7 Å². The molecule has 0 spiro atoms. The number of carbonyl (C=O) groups excluding carboxylic acids is 1. The van der Waals surface area contributed by atoms with Crippen LogP contribution in [0.5, 0.6) is 0 Å². The Balaban J connectivity index is 1.53. The molecule has 9 heteroatoms. The molecule has 0 N–H and O–H groups in total. The van der Waals surface area contributed by atoms with E-state index in [9.17, 15) is 9.59 Å². The van der Waals surface area contributed by atoms with E-state index in [1.54, 1.807) is 22.8 Å². The molecule has 3 aromatic carbocycles. The summed E-state index contributed by atoms with van der Waals surface area (Å²) in [7, 11) is 1.31. The Hall–Kier alpha value is -4.24. The molecule has 0 radical (unpaired) electrons. The zero-order valence-corrected chi connectivity index (χ0v) is 19.8. The monoisotopic (exact) mass is 484 g/mol. The lowest BCUT2D eigenvalue weighted by Gasteiger charge is -2.13. The molecule has 2 heterocycles. The van der Waals surface area contributed by atoms with E-state index in [2.05, 4.69) is 10.1 Å². The van der Waals surface area contributed by atoms with E-state index < -0.39 is 5.97 Å². The average Bonchev–Trinajstić information content (AvgIpc) is 3.36. The third-order valence-electron chi connectivity index (χ3n) is 5.37. The van der Waals surface area contributed by atoms with Crippen LogP contribution in [0.1, 0.15) is 21.7 Å². The van der Waals surface area contributed by atoms with Crippen LogP contribution < -0.4 is 5.56 Å². The van der Waals surface area contributed by atoms with Crippen molar-refractivity contribution in [2.45, 2.75) is 17.8 Å². The number of hydrogen-bond acceptors (Lipinski definition) is 8. The summed E-state index contributed by atoms with van der Waals surface area (Å²) in [6.45, 7) is 2.01. The van der Waals surface area contributed by atoms with Crippen molar-refractivity contribution in [1.29, 1.82) is 0 Å². The molecule has 35 heavy (non-hydrogen) atoms. The molecule has 0 aliphatic carbocycles. The van der Waals surface area contributed by atoms with Gasteiger partial charge in [-0.3, -0.25) is 9.36 Å². The smallest absolute Gasteiger partial charge is 0.337 e. The van der Waals surface area contributed by atoms with Crippen LogP contribution >= 0.6 is 11.8 Å². The summed E-state index contributed by atoms with van der Waals surface area (Å²) in [5, 5.41) is 4.92. The normalized spacial score (nSPS) is 11.0. The molecule has 0 saturated carbocycles. The third-order valence-corrected chi connectivity index (χ3v) is 6.31. The van der Waals surface area contributed by atoms with Crippen molar-refractivity contribution >= 4 is 28.6 Å². The van der Waals surface area contributed by atoms with Gasteiger partial charge in [0.2, 0.25) is 0 Å². The maximum absolute atomic E-state index is 13.5. The molecule has 5 aromatic rings. The molecule has 0 fully saturated rings. The second kappa shape index (κ2) is 9.55. The Morgan fingerprint density at radius 1 is 1.03 bits per heavy atom. The van der Waals surface area contributed by atoms with E-state index in [1.807, 2.05) is 61.5 Å². The second-order valence-corrected chi connectivity index (χ2v) is 8.71. The minimum atomic E-state index is -0.495. The summed E-state index contributed by atoms with van der Waals surface area (Å²) in [6, 6.07) is 21.8. The molecule has 0 saturated heterocycles. The second-order valence-electron chi connectivity index (χ2n) is 7.76. The van der Waals surface area contributed by atoms with Crippen molar-refractivity contribution in [3.8, 4) is 17.1 Å². The first kappa shape index (κ1) is 22.5. The fraction of sp³-hybridized carbons (Fsp3) is 0.115. The highest BCUT2D eigenvalue weighted by Gasteiger charge is 2.17. The highest BCUT2D eigenvalue weighted by Crippen LogP contribution is 2.26. The van der Waals surface area contributed by atoms with Gasteiger partial charge < -0.3 is 9.26 Å². The van der Waals surface area contributed by atoms with Crippen molar-refractivity contribution < 1.29 is 14.1 Å². The molecule has 0 amide bonds. The number of para-hydroxylation sites is 1. The number of thioether (sulfide) groups is 1. The van der Waals surface area contributed by atoms with Crippen LogP contribution in [-0.4, -0.2) is 32.8 Å². The van der Waals surface area contributed by atoms with Gasteiger partial charge in [0, 0.05) is 5.56 Å².